The molecule has 4 atom stereocenters. The third-order valence-corrected chi connectivity index (χ3v) is 5.91. The van der Waals surface area contributed by atoms with E-state index < -0.39 is 0 Å². The minimum absolute atomic E-state index is 0.0178. The average Bonchev–Trinajstić information content (AvgIpc) is 2.71. The highest BCUT2D eigenvalue weighted by molar-refractivity contribution is 14.1. The average molecular weight is 413 g/mol. The predicted molar refractivity (Wildman–Crippen MR) is 95.8 cm³/mol. The fraction of sp³-hybridized carbons (Fsp3) is 0.611. The second kappa shape index (κ2) is 6.48. The lowest BCUT2D eigenvalue weighted by Crippen LogP contribution is -2.49. The Morgan fingerprint density at radius 2 is 1.95 bits per heavy atom. The zero-order chi connectivity index (χ0) is 15.9. The summed E-state index contributed by atoms with van der Waals surface area (Å²) in [5, 5.41) is 0. The van der Waals surface area contributed by atoms with Gasteiger partial charge in [0.1, 0.15) is 0 Å². The van der Waals surface area contributed by atoms with Gasteiger partial charge in [-0.3, -0.25) is 9.69 Å². The van der Waals surface area contributed by atoms with Gasteiger partial charge in [0.25, 0.3) is 0 Å². The van der Waals surface area contributed by atoms with E-state index in [-0.39, 0.29) is 23.9 Å². The molecule has 0 aliphatic carbocycles. The SMILES string of the molecule is CC(C)OC(=O)[C@H]1[C@@H](c2ccc(I)cc2)CC2CC[C@@H]1N2C. The molecule has 2 bridgehead atoms. The number of esters is 1. The number of fused-ring (bicyclic) bond motifs is 2. The minimum atomic E-state index is -0.0469. The Bertz CT molecular complexity index is 543. The number of ether oxygens (including phenoxy) is 1. The zero-order valence-corrected chi connectivity index (χ0v) is 15.6. The van der Waals surface area contributed by atoms with Gasteiger partial charge < -0.3 is 4.74 Å². The topological polar surface area (TPSA) is 29.5 Å². The third kappa shape index (κ3) is 3.04. The van der Waals surface area contributed by atoms with Gasteiger partial charge in [-0.25, -0.2) is 0 Å². The number of carbonyl (C=O) groups is 1. The maximum absolute atomic E-state index is 12.7. The van der Waals surface area contributed by atoms with Gasteiger partial charge in [-0.2, -0.15) is 0 Å². The molecule has 1 aromatic carbocycles. The van der Waals surface area contributed by atoms with Crippen LogP contribution in [0.5, 0.6) is 0 Å². The van der Waals surface area contributed by atoms with Crippen LogP contribution in [0.25, 0.3) is 0 Å². The first-order chi connectivity index (χ1) is 10.5. The molecule has 1 aromatic rings. The predicted octanol–water partition coefficient (Wildman–Crippen LogP) is 3.81. The molecule has 0 N–H and O–H groups in total. The van der Waals surface area contributed by atoms with Crippen molar-refractivity contribution in [1.82, 2.24) is 4.90 Å². The molecule has 0 radical (unpaired) electrons. The number of piperidine rings is 1. The second-order valence-corrected chi connectivity index (χ2v) is 8.11. The van der Waals surface area contributed by atoms with Crippen LogP contribution in [0.4, 0.5) is 0 Å². The standard InChI is InChI=1S/C18H24INO2/c1-11(2)22-18(21)17-15(12-4-6-13(19)7-5-12)10-14-8-9-16(17)20(14)3/h4-7,11,14-17H,8-10H2,1-3H3/t14?,15-,16+,17+/m1/s1. The Morgan fingerprint density at radius 1 is 1.27 bits per heavy atom. The van der Waals surface area contributed by atoms with E-state index in [1.807, 2.05) is 13.8 Å². The molecule has 2 fully saturated rings. The Morgan fingerprint density at radius 3 is 2.59 bits per heavy atom. The van der Waals surface area contributed by atoms with Gasteiger partial charge >= 0.3 is 5.97 Å². The molecule has 4 heteroatoms. The Kier molecular flexibility index (Phi) is 4.78. The van der Waals surface area contributed by atoms with Crippen molar-refractivity contribution in [1.29, 1.82) is 0 Å². The monoisotopic (exact) mass is 413 g/mol. The van der Waals surface area contributed by atoms with Crippen LogP contribution in [-0.2, 0) is 9.53 Å². The van der Waals surface area contributed by atoms with Gasteiger partial charge in [0, 0.05) is 21.6 Å². The van der Waals surface area contributed by atoms with Crippen molar-refractivity contribution in [2.75, 3.05) is 7.05 Å². The number of rotatable bonds is 3. The quantitative estimate of drug-likeness (QED) is 0.558. The van der Waals surface area contributed by atoms with Gasteiger partial charge in [0.05, 0.1) is 12.0 Å². The smallest absolute Gasteiger partial charge is 0.311 e. The first-order valence-corrected chi connectivity index (χ1v) is 9.23. The first-order valence-electron chi connectivity index (χ1n) is 8.15. The summed E-state index contributed by atoms with van der Waals surface area (Å²) in [4.78, 5) is 15.2. The summed E-state index contributed by atoms with van der Waals surface area (Å²) >= 11 is 2.33. The normalized spacial score (nSPS) is 31.5. The number of nitrogens with zero attached hydrogens (tertiary/aromatic N) is 1. The molecule has 120 valence electrons. The molecule has 0 spiro atoms. The largest absolute Gasteiger partial charge is 0.463 e. The number of carbonyl (C=O) groups excluding carboxylic acids is 1. The van der Waals surface area contributed by atoms with Gasteiger partial charge in [0.15, 0.2) is 0 Å². The van der Waals surface area contributed by atoms with Crippen molar-refractivity contribution in [3.05, 3.63) is 33.4 Å². The summed E-state index contributed by atoms with van der Waals surface area (Å²) in [6.07, 6.45) is 3.33. The fourth-order valence-corrected chi connectivity index (χ4v) is 4.51. The summed E-state index contributed by atoms with van der Waals surface area (Å²) in [5.41, 5.74) is 1.29. The van der Waals surface area contributed by atoms with Crippen LogP contribution in [-0.4, -0.2) is 36.1 Å². The van der Waals surface area contributed by atoms with E-state index in [4.69, 9.17) is 4.74 Å². The van der Waals surface area contributed by atoms with Crippen molar-refractivity contribution < 1.29 is 9.53 Å². The lowest BCUT2D eigenvalue weighted by molar-refractivity contribution is -0.157. The van der Waals surface area contributed by atoms with E-state index in [1.165, 1.54) is 15.6 Å². The van der Waals surface area contributed by atoms with E-state index in [9.17, 15) is 4.79 Å². The van der Waals surface area contributed by atoms with E-state index in [1.54, 1.807) is 0 Å². The summed E-state index contributed by atoms with van der Waals surface area (Å²) in [6.45, 7) is 3.86. The summed E-state index contributed by atoms with van der Waals surface area (Å²) in [6, 6.07) is 9.59. The Balaban J connectivity index is 1.91. The lowest BCUT2D eigenvalue weighted by Gasteiger charge is -2.42. The van der Waals surface area contributed by atoms with Crippen molar-refractivity contribution in [2.24, 2.45) is 5.92 Å². The number of hydrogen-bond donors (Lipinski definition) is 0. The van der Waals surface area contributed by atoms with E-state index in [2.05, 4.69) is 58.8 Å². The van der Waals surface area contributed by atoms with Crippen LogP contribution in [0.3, 0.4) is 0 Å². The number of halogens is 1. The van der Waals surface area contributed by atoms with Crippen LogP contribution in [0, 0.1) is 9.49 Å². The van der Waals surface area contributed by atoms with Crippen LogP contribution in [0.1, 0.15) is 44.6 Å². The molecule has 3 nitrogen and oxygen atoms in total. The molecule has 1 unspecified atom stereocenters. The van der Waals surface area contributed by atoms with Crippen molar-refractivity contribution in [2.45, 2.75) is 57.2 Å². The second-order valence-electron chi connectivity index (χ2n) is 6.87. The van der Waals surface area contributed by atoms with Crippen LogP contribution >= 0.6 is 22.6 Å². The van der Waals surface area contributed by atoms with Crippen molar-refractivity contribution >= 4 is 28.6 Å². The Hall–Kier alpha value is -0.620. The molecule has 0 amide bonds. The summed E-state index contributed by atoms with van der Waals surface area (Å²) < 4.78 is 6.83. The van der Waals surface area contributed by atoms with E-state index in [0.717, 1.165) is 12.8 Å². The van der Waals surface area contributed by atoms with Gasteiger partial charge in [0.2, 0.25) is 0 Å². The minimum Gasteiger partial charge on any atom is -0.463 e. The third-order valence-electron chi connectivity index (χ3n) is 5.19. The molecule has 22 heavy (non-hydrogen) atoms. The molecular weight excluding hydrogens is 389 g/mol. The van der Waals surface area contributed by atoms with Gasteiger partial charge in [-0.15, -0.1) is 0 Å². The molecule has 2 aliphatic heterocycles. The molecule has 3 rings (SSSR count). The molecule has 0 aromatic heterocycles. The van der Waals surface area contributed by atoms with Crippen molar-refractivity contribution in [3.63, 3.8) is 0 Å². The maximum atomic E-state index is 12.7. The summed E-state index contributed by atoms with van der Waals surface area (Å²) in [7, 11) is 2.17. The molecule has 0 saturated carbocycles. The summed E-state index contributed by atoms with van der Waals surface area (Å²) in [5.74, 6) is 0.235. The fourth-order valence-electron chi connectivity index (χ4n) is 4.15. The van der Waals surface area contributed by atoms with Gasteiger partial charge in [-0.1, -0.05) is 12.1 Å². The number of benzene rings is 1. The highest BCUT2D eigenvalue weighted by Crippen LogP contribution is 2.46. The van der Waals surface area contributed by atoms with E-state index >= 15 is 0 Å². The molecule has 2 saturated heterocycles. The van der Waals surface area contributed by atoms with Crippen LogP contribution in [0.2, 0.25) is 0 Å². The highest BCUT2D eigenvalue weighted by atomic mass is 127. The van der Waals surface area contributed by atoms with Gasteiger partial charge in [-0.05, 0) is 80.4 Å². The maximum Gasteiger partial charge on any atom is 0.311 e. The molecule has 2 aliphatic rings. The lowest BCUT2D eigenvalue weighted by atomic mass is 9.76. The number of hydrogen-bond acceptors (Lipinski definition) is 3. The molecular formula is C18H24INO2. The van der Waals surface area contributed by atoms with Crippen LogP contribution in [0.15, 0.2) is 24.3 Å². The first kappa shape index (κ1) is 16.2. The Labute approximate surface area is 146 Å². The highest BCUT2D eigenvalue weighted by Gasteiger charge is 2.49. The zero-order valence-electron chi connectivity index (χ0n) is 13.5. The van der Waals surface area contributed by atoms with E-state index in [0.29, 0.717) is 12.1 Å². The molecule has 2 heterocycles. The van der Waals surface area contributed by atoms with Crippen LogP contribution < -0.4 is 0 Å². The van der Waals surface area contributed by atoms with Crippen molar-refractivity contribution in [3.8, 4) is 0 Å².